The largest absolute Gasteiger partial charge is 0.330 e. The number of hydrogen-bond acceptors (Lipinski definition) is 4. The molecule has 0 amide bonds. The lowest BCUT2D eigenvalue weighted by Gasteiger charge is -2.34. The van der Waals surface area contributed by atoms with E-state index < -0.39 is 0 Å². The van der Waals surface area contributed by atoms with E-state index in [0.717, 1.165) is 19.5 Å². The van der Waals surface area contributed by atoms with Crippen molar-refractivity contribution in [3.05, 3.63) is 0 Å². The summed E-state index contributed by atoms with van der Waals surface area (Å²) in [6, 6.07) is 0. The van der Waals surface area contributed by atoms with Crippen LogP contribution >= 0.6 is 0 Å². The van der Waals surface area contributed by atoms with Crippen LogP contribution in [-0.4, -0.2) is 80.7 Å². The van der Waals surface area contributed by atoms with Gasteiger partial charge in [0.05, 0.1) is 0 Å². The Bertz CT molecular complexity index is 178. The Morgan fingerprint density at radius 1 is 1.06 bits per heavy atom. The van der Waals surface area contributed by atoms with Crippen LogP contribution in [0.1, 0.15) is 19.8 Å². The van der Waals surface area contributed by atoms with Crippen molar-refractivity contribution >= 4 is 0 Å². The van der Waals surface area contributed by atoms with Crippen molar-refractivity contribution in [3.63, 3.8) is 0 Å². The Morgan fingerprint density at radius 2 is 1.76 bits per heavy atom. The van der Waals surface area contributed by atoms with Gasteiger partial charge in [0.2, 0.25) is 0 Å². The zero-order chi connectivity index (χ0) is 12.5. The molecule has 0 radical (unpaired) electrons. The van der Waals surface area contributed by atoms with Gasteiger partial charge in [-0.05, 0) is 39.5 Å². The van der Waals surface area contributed by atoms with E-state index in [4.69, 9.17) is 5.73 Å². The van der Waals surface area contributed by atoms with Crippen molar-refractivity contribution in [2.75, 3.05) is 66.0 Å². The molecule has 0 aromatic heterocycles. The molecule has 17 heavy (non-hydrogen) atoms. The van der Waals surface area contributed by atoms with Gasteiger partial charge in [-0.2, -0.15) is 0 Å². The van der Waals surface area contributed by atoms with Gasteiger partial charge in [0.15, 0.2) is 0 Å². The van der Waals surface area contributed by atoms with E-state index in [1.165, 1.54) is 52.2 Å². The average Bonchev–Trinajstić information content (AvgIpc) is 2.35. The molecule has 0 bridgehead atoms. The third-order valence-electron chi connectivity index (χ3n) is 3.55. The Kier molecular flexibility index (Phi) is 7.77. The summed E-state index contributed by atoms with van der Waals surface area (Å²) in [5, 5.41) is 0. The second kappa shape index (κ2) is 8.86. The molecule has 0 aromatic rings. The van der Waals surface area contributed by atoms with E-state index in [1.807, 2.05) is 0 Å². The lowest BCUT2D eigenvalue weighted by atomic mass is 10.3. The lowest BCUT2D eigenvalue weighted by Crippen LogP contribution is -2.47. The molecule has 0 spiro atoms. The normalized spacial score (nSPS) is 19.1. The molecule has 1 aliphatic heterocycles. The monoisotopic (exact) mass is 242 g/mol. The number of nitrogens with two attached hydrogens (primary N) is 1. The Labute approximate surface area is 107 Å². The molecular weight excluding hydrogens is 212 g/mol. The SMILES string of the molecule is CCCN(CCCN)CCN1CCN(C)CC1. The van der Waals surface area contributed by atoms with Gasteiger partial charge in [-0.25, -0.2) is 0 Å². The molecule has 1 fully saturated rings. The minimum absolute atomic E-state index is 0.814. The summed E-state index contributed by atoms with van der Waals surface area (Å²) in [4.78, 5) is 7.56. The summed E-state index contributed by atoms with van der Waals surface area (Å²) in [6.45, 7) is 12.8. The van der Waals surface area contributed by atoms with Crippen molar-refractivity contribution in [2.24, 2.45) is 5.73 Å². The van der Waals surface area contributed by atoms with Crippen LogP contribution in [0.25, 0.3) is 0 Å². The number of hydrogen-bond donors (Lipinski definition) is 1. The van der Waals surface area contributed by atoms with E-state index >= 15 is 0 Å². The minimum Gasteiger partial charge on any atom is -0.330 e. The Balaban J connectivity index is 2.16. The van der Waals surface area contributed by atoms with E-state index in [-0.39, 0.29) is 0 Å². The number of likely N-dealkylation sites (N-methyl/N-ethyl adjacent to an activating group) is 1. The summed E-state index contributed by atoms with van der Waals surface area (Å²) < 4.78 is 0. The van der Waals surface area contributed by atoms with Gasteiger partial charge < -0.3 is 15.5 Å². The maximum absolute atomic E-state index is 5.58. The topological polar surface area (TPSA) is 35.7 Å². The van der Waals surface area contributed by atoms with Crippen LogP contribution in [0.15, 0.2) is 0 Å². The average molecular weight is 242 g/mol. The number of nitrogens with zero attached hydrogens (tertiary/aromatic N) is 3. The highest BCUT2D eigenvalue weighted by atomic mass is 15.3. The van der Waals surface area contributed by atoms with Crippen molar-refractivity contribution in [3.8, 4) is 0 Å². The first-order valence-corrected chi connectivity index (χ1v) is 7.09. The maximum Gasteiger partial charge on any atom is 0.0110 e. The Morgan fingerprint density at radius 3 is 2.35 bits per heavy atom. The second-order valence-electron chi connectivity index (χ2n) is 5.13. The quantitative estimate of drug-likeness (QED) is 0.664. The van der Waals surface area contributed by atoms with Crippen LogP contribution in [0.3, 0.4) is 0 Å². The van der Waals surface area contributed by atoms with Crippen LogP contribution in [0, 0.1) is 0 Å². The summed E-state index contributed by atoms with van der Waals surface area (Å²) in [5.74, 6) is 0. The number of rotatable bonds is 8. The molecule has 1 rings (SSSR count). The lowest BCUT2D eigenvalue weighted by molar-refractivity contribution is 0.134. The first kappa shape index (κ1) is 14.9. The summed E-state index contributed by atoms with van der Waals surface area (Å²) in [7, 11) is 2.21. The van der Waals surface area contributed by atoms with Gasteiger partial charge >= 0.3 is 0 Å². The van der Waals surface area contributed by atoms with Crippen LogP contribution in [0.5, 0.6) is 0 Å². The molecule has 0 saturated carbocycles. The molecule has 1 aliphatic rings. The fraction of sp³-hybridized carbons (Fsp3) is 1.00. The first-order valence-electron chi connectivity index (χ1n) is 7.09. The van der Waals surface area contributed by atoms with Crippen LogP contribution in [-0.2, 0) is 0 Å². The highest BCUT2D eigenvalue weighted by Gasteiger charge is 2.14. The predicted molar refractivity (Wildman–Crippen MR) is 74.3 cm³/mol. The maximum atomic E-state index is 5.58. The van der Waals surface area contributed by atoms with E-state index in [0.29, 0.717) is 0 Å². The predicted octanol–water partition coefficient (Wildman–Crippen LogP) is 0.295. The van der Waals surface area contributed by atoms with Gasteiger partial charge in [0.25, 0.3) is 0 Å². The molecule has 0 unspecified atom stereocenters. The van der Waals surface area contributed by atoms with Gasteiger partial charge in [0.1, 0.15) is 0 Å². The summed E-state index contributed by atoms with van der Waals surface area (Å²) >= 11 is 0. The summed E-state index contributed by atoms with van der Waals surface area (Å²) in [6.07, 6.45) is 2.37. The highest BCUT2D eigenvalue weighted by molar-refractivity contribution is 4.71. The molecule has 4 heteroatoms. The molecule has 2 N–H and O–H groups in total. The van der Waals surface area contributed by atoms with Crippen LogP contribution < -0.4 is 5.73 Å². The Hall–Kier alpha value is -0.160. The fourth-order valence-electron chi connectivity index (χ4n) is 2.32. The van der Waals surface area contributed by atoms with Crippen molar-refractivity contribution in [1.29, 1.82) is 0 Å². The molecule has 1 heterocycles. The highest BCUT2D eigenvalue weighted by Crippen LogP contribution is 2.00. The minimum atomic E-state index is 0.814. The van der Waals surface area contributed by atoms with Gasteiger partial charge in [-0.15, -0.1) is 0 Å². The molecule has 102 valence electrons. The van der Waals surface area contributed by atoms with Crippen molar-refractivity contribution < 1.29 is 0 Å². The zero-order valence-electron chi connectivity index (χ0n) is 11.7. The van der Waals surface area contributed by atoms with Crippen molar-refractivity contribution in [2.45, 2.75) is 19.8 Å². The molecule has 4 nitrogen and oxygen atoms in total. The molecule has 0 atom stereocenters. The summed E-state index contributed by atoms with van der Waals surface area (Å²) in [5.41, 5.74) is 5.58. The van der Waals surface area contributed by atoms with Gasteiger partial charge in [-0.1, -0.05) is 6.92 Å². The van der Waals surface area contributed by atoms with Crippen molar-refractivity contribution in [1.82, 2.24) is 14.7 Å². The molecular formula is C13H30N4. The zero-order valence-corrected chi connectivity index (χ0v) is 11.7. The van der Waals surface area contributed by atoms with E-state index in [2.05, 4.69) is 28.7 Å². The third kappa shape index (κ3) is 6.36. The van der Waals surface area contributed by atoms with Crippen LogP contribution in [0.4, 0.5) is 0 Å². The third-order valence-corrected chi connectivity index (χ3v) is 3.55. The fourth-order valence-corrected chi connectivity index (χ4v) is 2.32. The molecule has 1 saturated heterocycles. The van der Waals surface area contributed by atoms with Gasteiger partial charge in [-0.3, -0.25) is 4.90 Å². The molecule has 0 aliphatic carbocycles. The standard InChI is InChI=1S/C13H30N4/c1-3-6-16(7-4-5-14)12-13-17-10-8-15(2)9-11-17/h3-14H2,1-2H3. The van der Waals surface area contributed by atoms with E-state index in [1.54, 1.807) is 0 Å². The van der Waals surface area contributed by atoms with Gasteiger partial charge in [0, 0.05) is 39.3 Å². The van der Waals surface area contributed by atoms with E-state index in [9.17, 15) is 0 Å². The smallest absolute Gasteiger partial charge is 0.0110 e. The first-order chi connectivity index (χ1) is 8.26. The second-order valence-corrected chi connectivity index (χ2v) is 5.13. The van der Waals surface area contributed by atoms with Crippen LogP contribution in [0.2, 0.25) is 0 Å². The number of piperazine rings is 1. The molecule has 0 aromatic carbocycles.